The van der Waals surface area contributed by atoms with Gasteiger partial charge in [-0.25, -0.2) is 9.78 Å². The lowest BCUT2D eigenvalue weighted by molar-refractivity contribution is 0.0144. The van der Waals surface area contributed by atoms with Gasteiger partial charge in [0.15, 0.2) is 0 Å². The maximum atomic E-state index is 12.4. The molecule has 0 saturated carbocycles. The lowest BCUT2D eigenvalue weighted by Gasteiger charge is -2.35. The minimum Gasteiger partial charge on any atom is -0.444 e. The molecular formula is C21H36N4O3S. The molecule has 0 aliphatic carbocycles. The average Bonchev–Trinajstić information content (AvgIpc) is 2.97. The van der Waals surface area contributed by atoms with Crippen LogP contribution in [0.4, 0.5) is 4.79 Å². The molecule has 0 atom stereocenters. The van der Waals surface area contributed by atoms with Crippen LogP contribution >= 0.6 is 11.3 Å². The van der Waals surface area contributed by atoms with Crippen LogP contribution in [-0.4, -0.2) is 71.7 Å². The molecule has 7 nitrogen and oxygen atoms in total. The topological polar surface area (TPSA) is 74.8 Å². The van der Waals surface area contributed by atoms with Crippen LogP contribution in [0.15, 0.2) is 0 Å². The summed E-state index contributed by atoms with van der Waals surface area (Å²) in [6.45, 7) is 16.4. The van der Waals surface area contributed by atoms with E-state index in [1.807, 2.05) is 27.7 Å². The van der Waals surface area contributed by atoms with Crippen LogP contribution in [0.2, 0.25) is 0 Å². The summed E-state index contributed by atoms with van der Waals surface area (Å²) in [5.74, 6) is 0.511. The molecule has 8 heteroatoms. The number of nitrogens with zero attached hydrogens (tertiary/aromatic N) is 3. The third-order valence-corrected chi connectivity index (χ3v) is 5.77. The third-order valence-electron chi connectivity index (χ3n) is 4.59. The van der Waals surface area contributed by atoms with Crippen molar-refractivity contribution in [1.29, 1.82) is 0 Å². The zero-order valence-electron chi connectivity index (χ0n) is 18.7. The summed E-state index contributed by atoms with van der Waals surface area (Å²) in [5.41, 5.74) is 0.361. The summed E-state index contributed by atoms with van der Waals surface area (Å²) in [6, 6.07) is 0. The maximum Gasteiger partial charge on any atom is 0.410 e. The Morgan fingerprint density at radius 2 is 1.86 bits per heavy atom. The summed E-state index contributed by atoms with van der Waals surface area (Å²) < 4.78 is 5.43. The lowest BCUT2D eigenvalue weighted by Crippen LogP contribution is -2.50. The SMILES string of the molecule is Cc1nc(CC(C)C)sc1C(=O)NCCCN1CCN(C(=O)OC(C)(C)C)CC1. The third kappa shape index (κ3) is 7.93. The van der Waals surface area contributed by atoms with Crippen LogP contribution in [-0.2, 0) is 11.2 Å². The molecule has 0 bridgehead atoms. The van der Waals surface area contributed by atoms with Gasteiger partial charge in [0.1, 0.15) is 10.5 Å². The van der Waals surface area contributed by atoms with E-state index in [0.29, 0.717) is 25.6 Å². The number of nitrogens with one attached hydrogen (secondary N) is 1. The molecular weight excluding hydrogens is 388 g/mol. The Bertz CT molecular complexity index is 689. The monoisotopic (exact) mass is 424 g/mol. The minimum atomic E-state index is -0.460. The number of amides is 2. The molecule has 2 heterocycles. The Balaban J connectivity index is 1.67. The van der Waals surface area contributed by atoms with Crippen molar-refractivity contribution in [3.05, 3.63) is 15.6 Å². The highest BCUT2D eigenvalue weighted by atomic mass is 32.1. The fourth-order valence-electron chi connectivity index (χ4n) is 3.16. The van der Waals surface area contributed by atoms with Gasteiger partial charge in [-0.05, 0) is 46.6 Å². The number of hydrogen-bond donors (Lipinski definition) is 1. The predicted octanol–water partition coefficient (Wildman–Crippen LogP) is 3.32. The van der Waals surface area contributed by atoms with Crippen molar-refractivity contribution in [1.82, 2.24) is 20.1 Å². The van der Waals surface area contributed by atoms with E-state index in [-0.39, 0.29) is 12.0 Å². The molecule has 164 valence electrons. The molecule has 1 fully saturated rings. The van der Waals surface area contributed by atoms with Gasteiger partial charge in [-0.2, -0.15) is 0 Å². The van der Waals surface area contributed by atoms with Gasteiger partial charge < -0.3 is 15.0 Å². The second-order valence-corrected chi connectivity index (χ2v) is 10.1. The number of aromatic nitrogens is 1. The first-order valence-corrected chi connectivity index (χ1v) is 11.3. The van der Waals surface area contributed by atoms with Gasteiger partial charge in [0.25, 0.3) is 5.91 Å². The second-order valence-electron chi connectivity index (χ2n) is 9.04. The number of thiazole rings is 1. The summed E-state index contributed by atoms with van der Waals surface area (Å²) in [4.78, 5) is 33.9. The van der Waals surface area contributed by atoms with Gasteiger partial charge in [0.05, 0.1) is 10.7 Å². The summed E-state index contributed by atoms with van der Waals surface area (Å²) >= 11 is 1.51. The largest absolute Gasteiger partial charge is 0.444 e. The second kappa shape index (κ2) is 10.4. The van der Waals surface area contributed by atoms with E-state index in [1.165, 1.54) is 11.3 Å². The van der Waals surface area contributed by atoms with Crippen LogP contribution in [0.3, 0.4) is 0 Å². The average molecular weight is 425 g/mol. The maximum absolute atomic E-state index is 12.4. The molecule has 1 aliphatic heterocycles. The van der Waals surface area contributed by atoms with Gasteiger partial charge in [0.2, 0.25) is 0 Å². The molecule has 1 aliphatic rings. The molecule has 0 unspecified atom stereocenters. The van der Waals surface area contributed by atoms with Crippen molar-refractivity contribution in [2.75, 3.05) is 39.3 Å². The fourth-order valence-corrected chi connectivity index (χ4v) is 4.36. The Morgan fingerprint density at radius 1 is 1.21 bits per heavy atom. The molecule has 1 N–H and O–H groups in total. The molecule has 0 spiro atoms. The first-order valence-electron chi connectivity index (χ1n) is 10.5. The Morgan fingerprint density at radius 3 is 2.45 bits per heavy atom. The fraction of sp³-hybridized carbons (Fsp3) is 0.762. The van der Waals surface area contributed by atoms with Gasteiger partial charge >= 0.3 is 6.09 Å². The first kappa shape index (κ1) is 23.6. The molecule has 1 aromatic rings. The van der Waals surface area contributed by atoms with Crippen molar-refractivity contribution in [3.63, 3.8) is 0 Å². The quantitative estimate of drug-likeness (QED) is 0.680. The number of ether oxygens (including phenoxy) is 1. The van der Waals surface area contributed by atoms with E-state index < -0.39 is 5.60 Å². The van der Waals surface area contributed by atoms with Gasteiger partial charge in [-0.1, -0.05) is 13.8 Å². The predicted molar refractivity (Wildman–Crippen MR) is 117 cm³/mol. The van der Waals surface area contributed by atoms with E-state index in [0.717, 1.165) is 48.1 Å². The van der Waals surface area contributed by atoms with Crippen LogP contribution in [0.1, 0.15) is 61.4 Å². The normalized spacial score (nSPS) is 15.6. The molecule has 0 radical (unpaired) electrons. The number of aryl methyl sites for hydroxylation is 1. The van der Waals surface area contributed by atoms with Gasteiger partial charge in [-0.15, -0.1) is 11.3 Å². The van der Waals surface area contributed by atoms with Crippen LogP contribution in [0, 0.1) is 12.8 Å². The highest BCUT2D eigenvalue weighted by Crippen LogP contribution is 2.20. The molecule has 1 aromatic heterocycles. The van der Waals surface area contributed by atoms with Crippen LogP contribution < -0.4 is 5.32 Å². The van der Waals surface area contributed by atoms with E-state index in [1.54, 1.807) is 4.90 Å². The van der Waals surface area contributed by atoms with E-state index in [4.69, 9.17) is 4.74 Å². The molecule has 1 saturated heterocycles. The zero-order chi connectivity index (χ0) is 21.6. The molecule has 0 aromatic carbocycles. The van der Waals surface area contributed by atoms with Gasteiger partial charge in [-0.3, -0.25) is 9.69 Å². The van der Waals surface area contributed by atoms with Crippen molar-refractivity contribution in [2.45, 2.75) is 60.0 Å². The van der Waals surface area contributed by atoms with Crippen LogP contribution in [0.5, 0.6) is 0 Å². The summed E-state index contributed by atoms with van der Waals surface area (Å²) in [7, 11) is 0. The number of hydrogen-bond acceptors (Lipinski definition) is 6. The highest BCUT2D eigenvalue weighted by Gasteiger charge is 2.25. The number of rotatable bonds is 7. The molecule has 29 heavy (non-hydrogen) atoms. The zero-order valence-corrected chi connectivity index (χ0v) is 19.5. The molecule has 2 rings (SSSR count). The van der Waals surface area contributed by atoms with E-state index >= 15 is 0 Å². The Kier molecular flexibility index (Phi) is 8.46. The molecule has 2 amide bonds. The first-order chi connectivity index (χ1) is 13.5. The smallest absolute Gasteiger partial charge is 0.410 e. The standard InChI is InChI=1S/C21H36N4O3S/c1-15(2)14-17-23-16(3)18(29-17)19(26)22-8-7-9-24-10-12-25(13-11-24)20(27)28-21(4,5)6/h15H,7-14H2,1-6H3,(H,22,26). The highest BCUT2D eigenvalue weighted by molar-refractivity contribution is 7.13. The van der Waals surface area contributed by atoms with Crippen molar-refractivity contribution in [2.24, 2.45) is 5.92 Å². The van der Waals surface area contributed by atoms with Crippen LogP contribution in [0.25, 0.3) is 0 Å². The minimum absolute atomic E-state index is 0.0234. The summed E-state index contributed by atoms with van der Waals surface area (Å²) in [5, 5.41) is 4.05. The van der Waals surface area contributed by atoms with Crippen molar-refractivity contribution < 1.29 is 14.3 Å². The lowest BCUT2D eigenvalue weighted by atomic mass is 10.1. The van der Waals surface area contributed by atoms with E-state index in [2.05, 4.69) is 29.0 Å². The summed E-state index contributed by atoms with van der Waals surface area (Å²) in [6.07, 6.45) is 1.56. The Hall–Kier alpha value is -1.67. The van der Waals surface area contributed by atoms with Crippen molar-refractivity contribution in [3.8, 4) is 0 Å². The van der Waals surface area contributed by atoms with Gasteiger partial charge in [0, 0.05) is 39.1 Å². The van der Waals surface area contributed by atoms with E-state index in [9.17, 15) is 9.59 Å². The van der Waals surface area contributed by atoms with Crippen molar-refractivity contribution >= 4 is 23.3 Å². The number of carbonyl (C=O) groups is 2. The number of piperazine rings is 1. The number of carbonyl (C=O) groups excluding carboxylic acids is 2. The Labute approximate surface area is 178 Å².